The van der Waals surface area contributed by atoms with E-state index in [4.69, 9.17) is 19.9 Å². The molecule has 0 N–H and O–H groups in total. The van der Waals surface area contributed by atoms with Crippen LogP contribution in [-0.4, -0.2) is 65.6 Å². The highest BCUT2D eigenvalue weighted by Gasteiger charge is 2.19. The monoisotopic (exact) mass is 425 g/mol. The molecule has 0 aromatic carbocycles. The van der Waals surface area contributed by atoms with Crippen molar-refractivity contribution >= 4 is 11.5 Å². The van der Waals surface area contributed by atoms with Gasteiger partial charge in [0.05, 0.1) is 24.6 Å². The van der Waals surface area contributed by atoms with Crippen LogP contribution in [-0.2, 0) is 4.74 Å². The van der Waals surface area contributed by atoms with E-state index in [1.165, 1.54) is 6.33 Å². The van der Waals surface area contributed by atoms with Gasteiger partial charge in [0.2, 0.25) is 0 Å². The van der Waals surface area contributed by atoms with Crippen LogP contribution in [0.5, 0.6) is 0 Å². The molecule has 0 aliphatic carbocycles. The van der Waals surface area contributed by atoms with Gasteiger partial charge in [-0.3, -0.25) is 4.98 Å². The standard InChI is InChI=1S/C22H19N9O/c1-4-23-5-2-16(1)19-11-21-26-20(12-22(31(21)28-19)29-7-9-32-10-8-29)30-6-3-18(27-30)17-13-24-15-25-14-17/h1-6,11-15H,7-10H2. The van der Waals surface area contributed by atoms with Crippen LogP contribution in [0.4, 0.5) is 5.82 Å². The van der Waals surface area contributed by atoms with Crippen molar-refractivity contribution < 1.29 is 4.74 Å². The second-order valence-corrected chi connectivity index (χ2v) is 7.38. The maximum Gasteiger partial charge on any atom is 0.160 e. The van der Waals surface area contributed by atoms with E-state index in [0.717, 1.165) is 47.1 Å². The second kappa shape index (κ2) is 7.82. The van der Waals surface area contributed by atoms with E-state index in [2.05, 4.69) is 19.9 Å². The molecule has 5 aromatic rings. The SMILES string of the molecule is c1cc(-c2cc3nc(-n4ccc(-c5cncnc5)n4)cc(N4CCOCC4)n3n2)ccn1. The molecule has 6 heterocycles. The summed E-state index contributed by atoms with van der Waals surface area (Å²) in [5.74, 6) is 1.66. The lowest BCUT2D eigenvalue weighted by Gasteiger charge is -2.29. The minimum absolute atomic E-state index is 0.678. The summed E-state index contributed by atoms with van der Waals surface area (Å²) in [6.45, 7) is 2.93. The van der Waals surface area contributed by atoms with E-state index >= 15 is 0 Å². The van der Waals surface area contributed by atoms with E-state index in [1.807, 2.05) is 41.0 Å². The molecule has 10 nitrogen and oxygen atoms in total. The number of ether oxygens (including phenoxy) is 1. The Labute approximate surface area is 183 Å². The number of rotatable bonds is 4. The maximum atomic E-state index is 5.55. The number of nitrogens with zero attached hydrogens (tertiary/aromatic N) is 9. The van der Waals surface area contributed by atoms with Gasteiger partial charge in [0.15, 0.2) is 11.5 Å². The van der Waals surface area contributed by atoms with E-state index < -0.39 is 0 Å². The molecular formula is C22H19N9O. The maximum absolute atomic E-state index is 5.55. The zero-order valence-electron chi connectivity index (χ0n) is 17.1. The first-order valence-electron chi connectivity index (χ1n) is 10.3. The van der Waals surface area contributed by atoms with Crippen LogP contribution in [0.1, 0.15) is 0 Å². The third-order valence-electron chi connectivity index (χ3n) is 5.39. The first-order valence-corrected chi connectivity index (χ1v) is 10.3. The Hall–Kier alpha value is -4.18. The van der Waals surface area contributed by atoms with Crippen LogP contribution in [0.3, 0.4) is 0 Å². The molecule has 10 heteroatoms. The van der Waals surface area contributed by atoms with Crippen LogP contribution >= 0.6 is 0 Å². The van der Waals surface area contributed by atoms with Crippen LogP contribution in [0, 0.1) is 0 Å². The number of hydrogen-bond acceptors (Lipinski definition) is 8. The van der Waals surface area contributed by atoms with E-state index in [0.29, 0.717) is 19.0 Å². The van der Waals surface area contributed by atoms with Crippen molar-refractivity contribution in [2.24, 2.45) is 0 Å². The molecule has 158 valence electrons. The zero-order valence-corrected chi connectivity index (χ0v) is 17.1. The summed E-state index contributed by atoms with van der Waals surface area (Å²) in [5.41, 5.74) is 4.21. The van der Waals surface area contributed by atoms with Gasteiger partial charge < -0.3 is 9.64 Å². The molecular weight excluding hydrogens is 406 g/mol. The third-order valence-corrected chi connectivity index (χ3v) is 5.39. The number of pyridine rings is 1. The van der Waals surface area contributed by atoms with Gasteiger partial charge in [-0.25, -0.2) is 19.6 Å². The average molecular weight is 425 g/mol. The van der Waals surface area contributed by atoms with Crippen molar-refractivity contribution in [3.05, 3.63) is 67.6 Å². The summed E-state index contributed by atoms with van der Waals surface area (Å²) in [7, 11) is 0. The molecule has 0 amide bonds. The van der Waals surface area contributed by atoms with Gasteiger partial charge in [-0.05, 0) is 18.2 Å². The summed E-state index contributed by atoms with van der Waals surface area (Å²) in [5, 5.41) is 9.55. The van der Waals surface area contributed by atoms with E-state index in [1.54, 1.807) is 29.5 Å². The first-order chi connectivity index (χ1) is 15.8. The van der Waals surface area contributed by atoms with Gasteiger partial charge >= 0.3 is 0 Å². The minimum Gasteiger partial charge on any atom is -0.378 e. The molecule has 0 atom stereocenters. The Morgan fingerprint density at radius 2 is 1.62 bits per heavy atom. The predicted octanol–water partition coefficient (Wildman–Crippen LogP) is 2.27. The van der Waals surface area contributed by atoms with Gasteiger partial charge in [-0.2, -0.15) is 14.7 Å². The summed E-state index contributed by atoms with van der Waals surface area (Å²) >= 11 is 0. The van der Waals surface area contributed by atoms with Crippen LogP contribution < -0.4 is 4.90 Å². The highest BCUT2D eigenvalue weighted by molar-refractivity contribution is 5.66. The Balaban J connectivity index is 1.48. The summed E-state index contributed by atoms with van der Waals surface area (Å²) in [6, 6.07) is 9.81. The van der Waals surface area contributed by atoms with E-state index in [9.17, 15) is 0 Å². The molecule has 1 aliphatic rings. The molecule has 0 saturated carbocycles. The van der Waals surface area contributed by atoms with Crippen molar-refractivity contribution in [3.63, 3.8) is 0 Å². The minimum atomic E-state index is 0.678. The van der Waals surface area contributed by atoms with Gasteiger partial charge in [0.25, 0.3) is 0 Å². The molecule has 32 heavy (non-hydrogen) atoms. The Bertz CT molecular complexity index is 1360. The Morgan fingerprint density at radius 3 is 2.44 bits per heavy atom. The third kappa shape index (κ3) is 3.36. The topological polar surface area (TPSA) is 99.2 Å². The summed E-state index contributed by atoms with van der Waals surface area (Å²) in [4.78, 5) is 19.4. The quantitative estimate of drug-likeness (QED) is 0.432. The molecule has 0 unspecified atom stereocenters. The highest BCUT2D eigenvalue weighted by atomic mass is 16.5. The Morgan fingerprint density at radius 1 is 0.812 bits per heavy atom. The molecule has 1 fully saturated rings. The second-order valence-electron chi connectivity index (χ2n) is 7.38. The largest absolute Gasteiger partial charge is 0.378 e. The number of fused-ring (bicyclic) bond motifs is 1. The summed E-state index contributed by atoms with van der Waals surface area (Å²) < 4.78 is 9.21. The lowest BCUT2D eigenvalue weighted by molar-refractivity contribution is 0.122. The van der Waals surface area contributed by atoms with E-state index in [-0.39, 0.29) is 0 Å². The summed E-state index contributed by atoms with van der Waals surface area (Å²) in [6.07, 6.45) is 10.4. The zero-order chi connectivity index (χ0) is 21.3. The molecule has 1 aliphatic heterocycles. The van der Waals surface area contributed by atoms with Crippen LogP contribution in [0.25, 0.3) is 34.0 Å². The van der Waals surface area contributed by atoms with Crippen LogP contribution in [0.15, 0.2) is 67.6 Å². The molecule has 5 aromatic heterocycles. The van der Waals surface area contributed by atoms with Crippen molar-refractivity contribution in [2.45, 2.75) is 0 Å². The fourth-order valence-electron chi connectivity index (χ4n) is 3.78. The fourth-order valence-corrected chi connectivity index (χ4v) is 3.78. The number of aromatic nitrogens is 8. The molecule has 1 saturated heterocycles. The van der Waals surface area contributed by atoms with Crippen LogP contribution in [0.2, 0.25) is 0 Å². The number of anilines is 1. The van der Waals surface area contributed by atoms with Crippen molar-refractivity contribution in [1.82, 2.24) is 39.3 Å². The highest BCUT2D eigenvalue weighted by Crippen LogP contribution is 2.25. The normalized spacial score (nSPS) is 14.2. The predicted molar refractivity (Wildman–Crippen MR) is 117 cm³/mol. The van der Waals surface area contributed by atoms with Gasteiger partial charge in [0, 0.05) is 67.3 Å². The van der Waals surface area contributed by atoms with Gasteiger partial charge in [-0.15, -0.1) is 0 Å². The van der Waals surface area contributed by atoms with Crippen molar-refractivity contribution in [2.75, 3.05) is 31.2 Å². The van der Waals surface area contributed by atoms with Gasteiger partial charge in [0.1, 0.15) is 12.1 Å². The molecule has 0 bridgehead atoms. The van der Waals surface area contributed by atoms with Crippen molar-refractivity contribution in [3.8, 4) is 28.3 Å². The lowest BCUT2D eigenvalue weighted by Crippen LogP contribution is -2.37. The smallest absolute Gasteiger partial charge is 0.160 e. The Kier molecular flexibility index (Phi) is 4.54. The average Bonchev–Trinajstić information content (AvgIpc) is 3.53. The number of hydrogen-bond donors (Lipinski definition) is 0. The van der Waals surface area contributed by atoms with Gasteiger partial charge in [-0.1, -0.05) is 0 Å². The molecule has 0 spiro atoms. The first kappa shape index (κ1) is 18.6. The molecule has 0 radical (unpaired) electrons. The van der Waals surface area contributed by atoms with Crippen molar-refractivity contribution in [1.29, 1.82) is 0 Å². The lowest BCUT2D eigenvalue weighted by atomic mass is 10.2. The molecule has 6 rings (SSSR count). The fraction of sp³-hybridized carbons (Fsp3) is 0.182. The number of morpholine rings is 1.